The molecule has 0 radical (unpaired) electrons. The summed E-state index contributed by atoms with van der Waals surface area (Å²) >= 11 is 0. The van der Waals surface area contributed by atoms with E-state index in [2.05, 4.69) is 29.3 Å². The van der Waals surface area contributed by atoms with E-state index in [0.29, 0.717) is 11.3 Å². The van der Waals surface area contributed by atoms with Crippen molar-refractivity contribution in [1.29, 1.82) is 0 Å². The quantitative estimate of drug-likeness (QED) is 0.880. The number of nitrogens with one attached hydrogen (secondary N) is 1. The second-order valence-electron chi connectivity index (χ2n) is 5.01. The molecule has 3 rings (SSSR count). The standard InChI is InChI=1S/C16H16N2O2/c1-10-5-3-4-6-14(10)18(2)11-7-8-12-13(9-11)17-16(20)15(12)19/h3-9,15,19H,1-2H3,(H,17,20). The highest BCUT2D eigenvalue weighted by Crippen LogP contribution is 2.35. The number of benzene rings is 2. The third kappa shape index (κ3) is 1.94. The average molecular weight is 268 g/mol. The van der Waals surface area contributed by atoms with E-state index < -0.39 is 6.10 Å². The number of aliphatic hydroxyl groups excluding tert-OH is 1. The molecule has 1 amide bonds. The number of anilines is 3. The van der Waals surface area contributed by atoms with Gasteiger partial charge in [0.2, 0.25) is 0 Å². The molecule has 4 heteroatoms. The van der Waals surface area contributed by atoms with Gasteiger partial charge in [-0.3, -0.25) is 4.79 Å². The van der Waals surface area contributed by atoms with Gasteiger partial charge in [0.15, 0.2) is 6.10 Å². The van der Waals surface area contributed by atoms with Gasteiger partial charge >= 0.3 is 0 Å². The van der Waals surface area contributed by atoms with Crippen molar-refractivity contribution in [3.05, 3.63) is 53.6 Å². The third-order valence-corrected chi connectivity index (χ3v) is 3.70. The van der Waals surface area contributed by atoms with E-state index in [-0.39, 0.29) is 5.91 Å². The Morgan fingerprint density at radius 1 is 1.20 bits per heavy atom. The van der Waals surface area contributed by atoms with Gasteiger partial charge in [-0.25, -0.2) is 0 Å². The number of hydrogen-bond acceptors (Lipinski definition) is 3. The molecule has 1 heterocycles. The molecule has 0 saturated carbocycles. The molecule has 20 heavy (non-hydrogen) atoms. The molecule has 0 spiro atoms. The van der Waals surface area contributed by atoms with Crippen LogP contribution in [-0.2, 0) is 4.79 Å². The topological polar surface area (TPSA) is 52.6 Å². The van der Waals surface area contributed by atoms with Crippen LogP contribution in [0.1, 0.15) is 17.2 Å². The van der Waals surface area contributed by atoms with E-state index in [1.165, 1.54) is 5.56 Å². The number of rotatable bonds is 2. The molecule has 1 unspecified atom stereocenters. The third-order valence-electron chi connectivity index (χ3n) is 3.70. The van der Waals surface area contributed by atoms with Crippen LogP contribution in [0.15, 0.2) is 42.5 Å². The summed E-state index contributed by atoms with van der Waals surface area (Å²) in [5.74, 6) is -0.365. The molecule has 2 N–H and O–H groups in total. The van der Waals surface area contributed by atoms with E-state index in [9.17, 15) is 9.90 Å². The van der Waals surface area contributed by atoms with E-state index >= 15 is 0 Å². The number of carbonyl (C=O) groups is 1. The Hall–Kier alpha value is -2.33. The maximum atomic E-state index is 11.5. The SMILES string of the molecule is Cc1ccccc1N(C)c1ccc2c(c1)NC(=O)C2O. The molecular formula is C16H16N2O2. The van der Waals surface area contributed by atoms with Gasteiger partial charge in [0.25, 0.3) is 5.91 Å². The molecule has 2 aromatic carbocycles. The Morgan fingerprint density at radius 2 is 1.95 bits per heavy atom. The summed E-state index contributed by atoms with van der Waals surface area (Å²) in [6, 6.07) is 13.7. The lowest BCUT2D eigenvalue weighted by Gasteiger charge is -2.22. The van der Waals surface area contributed by atoms with Gasteiger partial charge in [0.05, 0.1) is 0 Å². The summed E-state index contributed by atoms with van der Waals surface area (Å²) < 4.78 is 0. The first-order valence-electron chi connectivity index (χ1n) is 6.50. The van der Waals surface area contributed by atoms with Crippen molar-refractivity contribution < 1.29 is 9.90 Å². The second kappa shape index (κ2) is 4.65. The van der Waals surface area contributed by atoms with Gasteiger partial charge in [-0.1, -0.05) is 24.3 Å². The molecule has 0 fully saturated rings. The van der Waals surface area contributed by atoms with Crippen LogP contribution in [0.5, 0.6) is 0 Å². The lowest BCUT2D eigenvalue weighted by atomic mass is 10.1. The Labute approximate surface area is 117 Å². The highest BCUT2D eigenvalue weighted by molar-refractivity contribution is 6.02. The number of nitrogens with zero attached hydrogens (tertiary/aromatic N) is 1. The van der Waals surface area contributed by atoms with Crippen molar-refractivity contribution in [3.63, 3.8) is 0 Å². The first-order valence-corrected chi connectivity index (χ1v) is 6.50. The Kier molecular flexibility index (Phi) is 2.95. The van der Waals surface area contributed by atoms with Crippen molar-refractivity contribution in [2.24, 2.45) is 0 Å². The Morgan fingerprint density at radius 3 is 2.70 bits per heavy atom. The fraction of sp³-hybridized carbons (Fsp3) is 0.188. The number of aryl methyl sites for hydroxylation is 1. The van der Waals surface area contributed by atoms with Crippen LogP contribution in [0.25, 0.3) is 0 Å². The van der Waals surface area contributed by atoms with Crippen LogP contribution in [-0.4, -0.2) is 18.1 Å². The predicted molar refractivity (Wildman–Crippen MR) is 79.3 cm³/mol. The van der Waals surface area contributed by atoms with Crippen LogP contribution >= 0.6 is 0 Å². The highest BCUT2D eigenvalue weighted by atomic mass is 16.3. The molecule has 1 aliphatic rings. The van der Waals surface area contributed by atoms with Crippen LogP contribution < -0.4 is 10.2 Å². The van der Waals surface area contributed by atoms with Crippen LogP contribution in [0.2, 0.25) is 0 Å². The van der Waals surface area contributed by atoms with Crippen molar-refractivity contribution in [1.82, 2.24) is 0 Å². The van der Waals surface area contributed by atoms with Crippen molar-refractivity contribution in [2.75, 3.05) is 17.3 Å². The van der Waals surface area contributed by atoms with E-state index in [0.717, 1.165) is 11.4 Å². The van der Waals surface area contributed by atoms with Gasteiger partial charge in [-0.05, 0) is 30.7 Å². The minimum absolute atomic E-state index is 0.365. The Balaban J connectivity index is 1.99. The highest BCUT2D eigenvalue weighted by Gasteiger charge is 2.28. The lowest BCUT2D eigenvalue weighted by Crippen LogP contribution is -2.11. The van der Waals surface area contributed by atoms with Crippen molar-refractivity contribution in [2.45, 2.75) is 13.0 Å². The van der Waals surface area contributed by atoms with Crippen molar-refractivity contribution >= 4 is 23.0 Å². The molecule has 0 aromatic heterocycles. The fourth-order valence-corrected chi connectivity index (χ4v) is 2.52. The van der Waals surface area contributed by atoms with E-state index in [4.69, 9.17) is 0 Å². The first-order chi connectivity index (χ1) is 9.58. The van der Waals surface area contributed by atoms with Gasteiger partial charge in [0, 0.05) is 29.7 Å². The van der Waals surface area contributed by atoms with Gasteiger partial charge < -0.3 is 15.3 Å². The largest absolute Gasteiger partial charge is 0.378 e. The van der Waals surface area contributed by atoms with Gasteiger partial charge in [-0.2, -0.15) is 0 Å². The van der Waals surface area contributed by atoms with E-state index in [1.54, 1.807) is 6.07 Å². The number of para-hydroxylation sites is 1. The Bertz CT molecular complexity index is 682. The maximum absolute atomic E-state index is 11.5. The molecule has 2 aromatic rings. The molecular weight excluding hydrogens is 252 g/mol. The first kappa shape index (κ1) is 12.7. The summed E-state index contributed by atoms with van der Waals surface area (Å²) in [5.41, 5.74) is 4.57. The van der Waals surface area contributed by atoms with Gasteiger partial charge in [0.1, 0.15) is 0 Å². The smallest absolute Gasteiger partial charge is 0.257 e. The lowest BCUT2D eigenvalue weighted by molar-refractivity contribution is -0.123. The molecule has 0 bridgehead atoms. The zero-order chi connectivity index (χ0) is 14.3. The monoisotopic (exact) mass is 268 g/mol. The zero-order valence-corrected chi connectivity index (χ0v) is 11.4. The number of aliphatic hydroxyl groups is 1. The zero-order valence-electron chi connectivity index (χ0n) is 11.4. The van der Waals surface area contributed by atoms with Crippen LogP contribution in [0.4, 0.5) is 17.1 Å². The summed E-state index contributed by atoms with van der Waals surface area (Å²) in [7, 11) is 1.98. The molecule has 0 aliphatic carbocycles. The summed E-state index contributed by atoms with van der Waals surface area (Å²) in [5, 5.41) is 12.4. The summed E-state index contributed by atoms with van der Waals surface area (Å²) in [4.78, 5) is 13.5. The van der Waals surface area contributed by atoms with Crippen LogP contribution in [0.3, 0.4) is 0 Å². The number of fused-ring (bicyclic) bond motifs is 1. The molecule has 102 valence electrons. The fourth-order valence-electron chi connectivity index (χ4n) is 2.52. The summed E-state index contributed by atoms with van der Waals surface area (Å²) in [6.45, 7) is 2.06. The second-order valence-corrected chi connectivity index (χ2v) is 5.01. The van der Waals surface area contributed by atoms with E-state index in [1.807, 2.05) is 31.3 Å². The normalized spacial score (nSPS) is 16.8. The van der Waals surface area contributed by atoms with Crippen LogP contribution in [0, 0.1) is 6.92 Å². The predicted octanol–water partition coefficient (Wildman–Crippen LogP) is 2.75. The molecule has 1 aliphatic heterocycles. The average Bonchev–Trinajstić information content (AvgIpc) is 2.73. The number of amides is 1. The number of carbonyl (C=O) groups excluding carboxylic acids is 1. The number of hydrogen-bond donors (Lipinski definition) is 2. The molecule has 0 saturated heterocycles. The summed E-state index contributed by atoms with van der Waals surface area (Å²) in [6.07, 6.45) is -1.05. The molecule has 1 atom stereocenters. The minimum Gasteiger partial charge on any atom is -0.378 e. The van der Waals surface area contributed by atoms with Gasteiger partial charge in [-0.15, -0.1) is 0 Å². The molecule has 4 nitrogen and oxygen atoms in total. The minimum atomic E-state index is -1.05. The van der Waals surface area contributed by atoms with Crippen molar-refractivity contribution in [3.8, 4) is 0 Å². The maximum Gasteiger partial charge on any atom is 0.257 e.